The van der Waals surface area contributed by atoms with Crippen LogP contribution in [0.5, 0.6) is 0 Å². The van der Waals surface area contributed by atoms with Gasteiger partial charge in [-0.3, -0.25) is 4.79 Å². The molecular formula is C8H7ClF2N2O. The van der Waals surface area contributed by atoms with E-state index in [4.69, 9.17) is 17.3 Å². The van der Waals surface area contributed by atoms with E-state index in [1.807, 2.05) is 0 Å². The zero-order valence-corrected chi connectivity index (χ0v) is 7.98. The highest BCUT2D eigenvalue weighted by Crippen LogP contribution is 2.27. The molecule has 0 bridgehead atoms. The van der Waals surface area contributed by atoms with Crippen molar-refractivity contribution in [3.8, 4) is 0 Å². The number of alkyl halides is 2. The van der Waals surface area contributed by atoms with Crippen LogP contribution in [0.25, 0.3) is 0 Å². The van der Waals surface area contributed by atoms with Crippen LogP contribution in [0, 0.1) is 6.92 Å². The lowest BCUT2D eigenvalue weighted by molar-refractivity contribution is 0.106. The third-order valence-electron chi connectivity index (χ3n) is 1.64. The Hall–Kier alpha value is -1.23. The summed E-state index contributed by atoms with van der Waals surface area (Å²) in [4.78, 5) is 14.5. The van der Waals surface area contributed by atoms with Crippen LogP contribution in [0.15, 0.2) is 6.07 Å². The van der Waals surface area contributed by atoms with Gasteiger partial charge in [-0.05, 0) is 24.6 Å². The molecule has 2 N–H and O–H groups in total. The van der Waals surface area contributed by atoms with E-state index in [0.717, 1.165) is 6.07 Å². The summed E-state index contributed by atoms with van der Waals surface area (Å²) >= 11 is 5.12. The first-order valence-corrected chi connectivity index (χ1v) is 4.06. The number of aryl methyl sites for hydroxylation is 1. The Kier molecular flexibility index (Phi) is 3.00. The summed E-state index contributed by atoms with van der Waals surface area (Å²) in [6.07, 6.45) is -2.79. The number of carbonyl (C=O) groups is 1. The minimum absolute atomic E-state index is 0.264. The first-order valence-electron chi connectivity index (χ1n) is 3.68. The Morgan fingerprint density at radius 1 is 1.64 bits per heavy atom. The number of halogens is 3. The fourth-order valence-electron chi connectivity index (χ4n) is 1.11. The smallest absolute Gasteiger partial charge is 0.264 e. The van der Waals surface area contributed by atoms with E-state index in [-0.39, 0.29) is 5.82 Å². The highest BCUT2D eigenvalue weighted by molar-refractivity contribution is 6.68. The highest BCUT2D eigenvalue weighted by Gasteiger charge is 2.21. The van der Waals surface area contributed by atoms with Crippen molar-refractivity contribution in [2.24, 2.45) is 0 Å². The van der Waals surface area contributed by atoms with Crippen LogP contribution in [0.3, 0.4) is 0 Å². The average molecular weight is 221 g/mol. The van der Waals surface area contributed by atoms with Crippen LogP contribution in [-0.2, 0) is 0 Å². The van der Waals surface area contributed by atoms with Gasteiger partial charge < -0.3 is 5.73 Å². The molecule has 0 fully saturated rings. The number of nitrogens with two attached hydrogens (primary N) is 1. The SMILES string of the molecule is Cc1cc(C(F)F)c(C(=O)Cl)c(N)n1. The van der Waals surface area contributed by atoms with Crippen molar-refractivity contribution in [3.05, 3.63) is 22.9 Å². The molecule has 3 nitrogen and oxygen atoms in total. The lowest BCUT2D eigenvalue weighted by Gasteiger charge is -2.08. The van der Waals surface area contributed by atoms with Crippen molar-refractivity contribution in [2.75, 3.05) is 5.73 Å². The number of anilines is 1. The fraction of sp³-hybridized carbons (Fsp3) is 0.250. The molecule has 0 unspecified atom stereocenters. The Morgan fingerprint density at radius 2 is 2.21 bits per heavy atom. The predicted molar refractivity (Wildman–Crippen MR) is 48.5 cm³/mol. The lowest BCUT2D eigenvalue weighted by atomic mass is 10.1. The molecule has 1 aromatic heterocycles. The second-order valence-electron chi connectivity index (χ2n) is 2.69. The molecular weight excluding hydrogens is 214 g/mol. The quantitative estimate of drug-likeness (QED) is 0.778. The largest absolute Gasteiger partial charge is 0.383 e. The van der Waals surface area contributed by atoms with Crippen LogP contribution in [-0.4, -0.2) is 10.2 Å². The molecule has 76 valence electrons. The van der Waals surface area contributed by atoms with Crippen LogP contribution in [0.2, 0.25) is 0 Å². The third-order valence-corrected chi connectivity index (χ3v) is 1.83. The molecule has 0 aliphatic carbocycles. The van der Waals surface area contributed by atoms with Crippen molar-refractivity contribution in [1.82, 2.24) is 4.98 Å². The maximum atomic E-state index is 12.5. The van der Waals surface area contributed by atoms with Crippen molar-refractivity contribution in [1.29, 1.82) is 0 Å². The number of rotatable bonds is 2. The summed E-state index contributed by atoms with van der Waals surface area (Å²) in [6.45, 7) is 1.50. The molecule has 6 heteroatoms. The Balaban J connectivity index is 3.44. The summed E-state index contributed by atoms with van der Waals surface area (Å²) in [5.41, 5.74) is 4.74. The molecule has 0 radical (unpaired) electrons. The molecule has 0 aromatic carbocycles. The molecule has 0 aliphatic heterocycles. The number of nitrogens with zero attached hydrogens (tertiary/aromatic N) is 1. The molecule has 0 saturated carbocycles. The van der Waals surface area contributed by atoms with Gasteiger partial charge in [0.25, 0.3) is 11.7 Å². The van der Waals surface area contributed by atoms with Gasteiger partial charge in [0.05, 0.1) is 5.56 Å². The number of hydrogen-bond acceptors (Lipinski definition) is 3. The van der Waals surface area contributed by atoms with Crippen molar-refractivity contribution < 1.29 is 13.6 Å². The van der Waals surface area contributed by atoms with Gasteiger partial charge >= 0.3 is 0 Å². The maximum Gasteiger partial charge on any atom is 0.264 e. The maximum absolute atomic E-state index is 12.5. The third kappa shape index (κ3) is 1.98. The van der Waals surface area contributed by atoms with E-state index >= 15 is 0 Å². The van der Waals surface area contributed by atoms with Crippen molar-refractivity contribution in [2.45, 2.75) is 13.3 Å². The van der Waals surface area contributed by atoms with E-state index in [0.29, 0.717) is 5.69 Å². The number of pyridine rings is 1. The minimum Gasteiger partial charge on any atom is -0.383 e. The normalized spacial score (nSPS) is 10.6. The first-order chi connectivity index (χ1) is 6.43. The number of hydrogen-bond donors (Lipinski definition) is 1. The Labute approximate surface area is 83.9 Å². The number of carbonyl (C=O) groups excluding carboxylic acids is 1. The summed E-state index contributed by atoms with van der Waals surface area (Å²) in [6, 6.07) is 1.09. The van der Waals surface area contributed by atoms with Gasteiger partial charge in [-0.1, -0.05) is 0 Å². The molecule has 0 saturated heterocycles. The topological polar surface area (TPSA) is 56.0 Å². The molecule has 0 spiro atoms. The molecule has 1 rings (SSSR count). The molecule has 0 atom stereocenters. The standard InChI is InChI=1S/C8H7ClF2N2O/c1-3-2-4(7(10)11)5(6(9)14)8(12)13-3/h2,7H,1H3,(H2,12,13). The van der Waals surface area contributed by atoms with Gasteiger partial charge in [-0.25, -0.2) is 13.8 Å². The van der Waals surface area contributed by atoms with Crippen molar-refractivity contribution >= 4 is 22.7 Å². The Bertz CT molecular complexity index is 382. The number of nitrogen functional groups attached to an aromatic ring is 1. The fourth-order valence-corrected chi connectivity index (χ4v) is 1.32. The monoisotopic (exact) mass is 220 g/mol. The van der Waals surface area contributed by atoms with E-state index in [1.165, 1.54) is 6.92 Å². The van der Waals surface area contributed by atoms with Gasteiger partial charge in [-0.2, -0.15) is 0 Å². The highest BCUT2D eigenvalue weighted by atomic mass is 35.5. The minimum atomic E-state index is -2.79. The van der Waals surface area contributed by atoms with Crippen LogP contribution in [0.1, 0.15) is 28.0 Å². The molecule has 0 amide bonds. The van der Waals surface area contributed by atoms with Gasteiger partial charge in [0, 0.05) is 11.3 Å². The van der Waals surface area contributed by atoms with Crippen molar-refractivity contribution in [3.63, 3.8) is 0 Å². The molecule has 1 aromatic rings. The lowest BCUT2D eigenvalue weighted by Crippen LogP contribution is -2.07. The van der Waals surface area contributed by atoms with Crippen LogP contribution >= 0.6 is 11.6 Å². The number of aromatic nitrogens is 1. The second-order valence-corrected chi connectivity index (χ2v) is 3.03. The van der Waals surface area contributed by atoms with Crippen LogP contribution in [0.4, 0.5) is 14.6 Å². The average Bonchev–Trinajstić information content (AvgIpc) is 2.01. The van der Waals surface area contributed by atoms with Gasteiger partial charge in [0.1, 0.15) is 5.82 Å². The van der Waals surface area contributed by atoms with Gasteiger partial charge in [0.2, 0.25) is 0 Å². The van der Waals surface area contributed by atoms with Gasteiger partial charge in [0.15, 0.2) is 0 Å². The van der Waals surface area contributed by atoms with E-state index in [9.17, 15) is 13.6 Å². The van der Waals surface area contributed by atoms with Gasteiger partial charge in [-0.15, -0.1) is 0 Å². The molecule has 14 heavy (non-hydrogen) atoms. The van der Waals surface area contributed by atoms with E-state index < -0.39 is 22.8 Å². The summed E-state index contributed by atoms with van der Waals surface area (Å²) in [5, 5.41) is -1.02. The van der Waals surface area contributed by atoms with E-state index in [1.54, 1.807) is 0 Å². The summed E-state index contributed by atoms with van der Waals surface area (Å²) in [5.74, 6) is -0.264. The summed E-state index contributed by atoms with van der Waals surface area (Å²) in [7, 11) is 0. The Morgan fingerprint density at radius 3 is 2.64 bits per heavy atom. The first kappa shape index (κ1) is 10.8. The zero-order chi connectivity index (χ0) is 10.9. The second kappa shape index (κ2) is 3.88. The van der Waals surface area contributed by atoms with Crippen LogP contribution < -0.4 is 5.73 Å². The molecule has 1 heterocycles. The predicted octanol–water partition coefficient (Wildman–Crippen LogP) is 2.29. The zero-order valence-electron chi connectivity index (χ0n) is 7.22. The van der Waals surface area contributed by atoms with E-state index in [2.05, 4.69) is 4.98 Å². The summed E-state index contributed by atoms with van der Waals surface area (Å²) < 4.78 is 24.9. The molecule has 0 aliphatic rings.